The predicted octanol–water partition coefficient (Wildman–Crippen LogP) is 1.81. The van der Waals surface area contributed by atoms with Gasteiger partial charge in [-0.1, -0.05) is 0 Å². The molecule has 2 heterocycles. The standard InChI is InChI=1S/C9H10N4OS/c1-5-6(2)14-9(12-5)15-7-3-4-11-8(10)13-7/h3-4H,1-2H3,(H2,10,11,13). The first-order valence-corrected chi connectivity index (χ1v) is 5.17. The first-order valence-electron chi connectivity index (χ1n) is 4.35. The Hall–Kier alpha value is -1.56. The lowest BCUT2D eigenvalue weighted by Crippen LogP contribution is -1.93. The van der Waals surface area contributed by atoms with E-state index < -0.39 is 0 Å². The maximum atomic E-state index is 5.46. The molecule has 2 aromatic rings. The van der Waals surface area contributed by atoms with Gasteiger partial charge in [0.2, 0.25) is 5.95 Å². The average Bonchev–Trinajstić information content (AvgIpc) is 2.45. The zero-order valence-electron chi connectivity index (χ0n) is 8.39. The molecule has 15 heavy (non-hydrogen) atoms. The molecule has 78 valence electrons. The molecule has 0 amide bonds. The van der Waals surface area contributed by atoms with E-state index in [0.717, 1.165) is 16.5 Å². The van der Waals surface area contributed by atoms with Crippen LogP contribution in [0.4, 0.5) is 5.95 Å². The summed E-state index contributed by atoms with van der Waals surface area (Å²) >= 11 is 1.33. The molecule has 0 atom stereocenters. The van der Waals surface area contributed by atoms with Gasteiger partial charge in [0, 0.05) is 6.20 Å². The number of nitrogens with zero attached hydrogens (tertiary/aromatic N) is 3. The maximum Gasteiger partial charge on any atom is 0.262 e. The summed E-state index contributed by atoms with van der Waals surface area (Å²) in [6.45, 7) is 3.78. The highest BCUT2D eigenvalue weighted by Crippen LogP contribution is 2.26. The summed E-state index contributed by atoms with van der Waals surface area (Å²) in [5.74, 6) is 1.07. The van der Waals surface area contributed by atoms with Crippen molar-refractivity contribution >= 4 is 17.7 Å². The molecular formula is C9H10N4OS. The van der Waals surface area contributed by atoms with Crippen molar-refractivity contribution in [2.24, 2.45) is 0 Å². The molecule has 0 aliphatic rings. The molecule has 0 aliphatic heterocycles. The Morgan fingerprint density at radius 1 is 1.33 bits per heavy atom. The molecule has 0 spiro atoms. The Labute approximate surface area is 91.1 Å². The van der Waals surface area contributed by atoms with Crippen LogP contribution in [0.5, 0.6) is 0 Å². The van der Waals surface area contributed by atoms with Crippen LogP contribution in [0.15, 0.2) is 26.9 Å². The highest BCUT2D eigenvalue weighted by Gasteiger charge is 2.08. The van der Waals surface area contributed by atoms with E-state index in [1.165, 1.54) is 11.8 Å². The van der Waals surface area contributed by atoms with Crippen LogP contribution in [-0.4, -0.2) is 15.0 Å². The smallest absolute Gasteiger partial charge is 0.262 e. The molecule has 0 saturated carbocycles. The summed E-state index contributed by atoms with van der Waals surface area (Å²) in [6, 6.07) is 1.76. The van der Waals surface area contributed by atoms with Crippen LogP contribution < -0.4 is 5.73 Å². The minimum atomic E-state index is 0.250. The number of aryl methyl sites for hydroxylation is 2. The van der Waals surface area contributed by atoms with E-state index in [2.05, 4.69) is 15.0 Å². The summed E-state index contributed by atoms with van der Waals surface area (Å²) < 4.78 is 5.41. The van der Waals surface area contributed by atoms with Gasteiger partial charge in [-0.15, -0.1) is 0 Å². The lowest BCUT2D eigenvalue weighted by Gasteiger charge is -1.95. The number of hydrogen-bond donors (Lipinski definition) is 1. The Morgan fingerprint density at radius 2 is 2.13 bits per heavy atom. The van der Waals surface area contributed by atoms with E-state index in [1.807, 2.05) is 13.8 Å². The Morgan fingerprint density at radius 3 is 2.73 bits per heavy atom. The minimum absolute atomic E-state index is 0.250. The molecular weight excluding hydrogens is 212 g/mol. The van der Waals surface area contributed by atoms with Crippen molar-refractivity contribution in [1.29, 1.82) is 0 Å². The highest BCUT2D eigenvalue weighted by atomic mass is 32.2. The summed E-state index contributed by atoms with van der Waals surface area (Å²) in [5, 5.41) is 1.30. The van der Waals surface area contributed by atoms with Crippen LogP contribution in [0.2, 0.25) is 0 Å². The lowest BCUT2D eigenvalue weighted by molar-refractivity contribution is 0.431. The van der Waals surface area contributed by atoms with Crippen molar-refractivity contribution in [2.75, 3.05) is 5.73 Å². The van der Waals surface area contributed by atoms with Gasteiger partial charge in [0.1, 0.15) is 10.8 Å². The lowest BCUT2D eigenvalue weighted by atomic mass is 10.4. The third-order valence-electron chi connectivity index (χ3n) is 1.85. The highest BCUT2D eigenvalue weighted by molar-refractivity contribution is 7.99. The van der Waals surface area contributed by atoms with Crippen LogP contribution in [0, 0.1) is 13.8 Å². The van der Waals surface area contributed by atoms with Gasteiger partial charge in [-0.2, -0.15) is 0 Å². The second-order valence-corrected chi connectivity index (χ2v) is 3.95. The zero-order chi connectivity index (χ0) is 10.8. The third-order valence-corrected chi connectivity index (χ3v) is 2.64. The fraction of sp³-hybridized carbons (Fsp3) is 0.222. The monoisotopic (exact) mass is 222 g/mol. The number of hydrogen-bond acceptors (Lipinski definition) is 6. The topological polar surface area (TPSA) is 77.8 Å². The van der Waals surface area contributed by atoms with Gasteiger partial charge in [0.25, 0.3) is 5.22 Å². The number of nitrogen functional groups attached to an aromatic ring is 1. The molecule has 2 N–H and O–H groups in total. The van der Waals surface area contributed by atoms with Crippen molar-refractivity contribution in [3.8, 4) is 0 Å². The van der Waals surface area contributed by atoms with Crippen LogP contribution in [0.1, 0.15) is 11.5 Å². The van der Waals surface area contributed by atoms with Gasteiger partial charge in [0.05, 0.1) is 5.69 Å². The van der Waals surface area contributed by atoms with E-state index in [-0.39, 0.29) is 5.95 Å². The number of anilines is 1. The third kappa shape index (κ3) is 2.27. The first kappa shape index (κ1) is 9.97. The Bertz CT molecular complexity index is 463. The van der Waals surface area contributed by atoms with Gasteiger partial charge < -0.3 is 10.2 Å². The minimum Gasteiger partial charge on any atom is -0.436 e. The molecule has 0 bridgehead atoms. The number of aromatic nitrogens is 3. The van der Waals surface area contributed by atoms with Gasteiger partial charge >= 0.3 is 0 Å². The van der Waals surface area contributed by atoms with Gasteiger partial charge in [-0.3, -0.25) is 0 Å². The van der Waals surface area contributed by atoms with E-state index in [0.29, 0.717) is 5.22 Å². The Balaban J connectivity index is 2.22. The van der Waals surface area contributed by atoms with Crippen molar-refractivity contribution in [3.05, 3.63) is 23.7 Å². The van der Waals surface area contributed by atoms with E-state index in [9.17, 15) is 0 Å². The maximum absolute atomic E-state index is 5.46. The van der Waals surface area contributed by atoms with Crippen LogP contribution >= 0.6 is 11.8 Å². The van der Waals surface area contributed by atoms with Crippen molar-refractivity contribution in [1.82, 2.24) is 15.0 Å². The summed E-state index contributed by atoms with van der Waals surface area (Å²) in [6.07, 6.45) is 1.60. The van der Waals surface area contributed by atoms with Crippen LogP contribution in [0.3, 0.4) is 0 Å². The average molecular weight is 222 g/mol. The fourth-order valence-electron chi connectivity index (χ4n) is 0.990. The van der Waals surface area contributed by atoms with Crippen molar-refractivity contribution in [3.63, 3.8) is 0 Å². The van der Waals surface area contributed by atoms with Crippen LogP contribution in [-0.2, 0) is 0 Å². The SMILES string of the molecule is Cc1nc(Sc2ccnc(N)n2)oc1C. The molecule has 0 aromatic carbocycles. The number of oxazole rings is 1. The molecule has 5 nitrogen and oxygen atoms in total. The number of nitrogens with two attached hydrogens (primary N) is 1. The molecule has 0 unspecified atom stereocenters. The Kier molecular flexibility index (Phi) is 2.59. The quantitative estimate of drug-likeness (QED) is 0.781. The molecule has 6 heteroatoms. The number of rotatable bonds is 2. The molecule has 2 aromatic heterocycles. The van der Waals surface area contributed by atoms with Gasteiger partial charge in [-0.05, 0) is 31.7 Å². The van der Waals surface area contributed by atoms with E-state index in [1.54, 1.807) is 12.3 Å². The summed E-state index contributed by atoms with van der Waals surface area (Å²) in [5.41, 5.74) is 6.35. The molecule has 0 fully saturated rings. The normalized spacial score (nSPS) is 10.5. The second kappa shape index (κ2) is 3.90. The molecule has 2 rings (SSSR count). The van der Waals surface area contributed by atoms with Crippen molar-refractivity contribution in [2.45, 2.75) is 24.1 Å². The summed E-state index contributed by atoms with van der Waals surface area (Å²) in [4.78, 5) is 12.1. The summed E-state index contributed by atoms with van der Waals surface area (Å²) in [7, 11) is 0. The predicted molar refractivity (Wildman–Crippen MR) is 56.5 cm³/mol. The van der Waals surface area contributed by atoms with Gasteiger partial charge in [0.15, 0.2) is 0 Å². The molecule has 0 radical (unpaired) electrons. The molecule has 0 aliphatic carbocycles. The van der Waals surface area contributed by atoms with E-state index in [4.69, 9.17) is 10.2 Å². The molecule has 0 saturated heterocycles. The van der Waals surface area contributed by atoms with Crippen LogP contribution in [0.25, 0.3) is 0 Å². The van der Waals surface area contributed by atoms with Gasteiger partial charge in [-0.25, -0.2) is 15.0 Å². The largest absolute Gasteiger partial charge is 0.436 e. The first-order chi connectivity index (χ1) is 7.15. The van der Waals surface area contributed by atoms with E-state index >= 15 is 0 Å². The zero-order valence-corrected chi connectivity index (χ0v) is 9.21. The second-order valence-electron chi connectivity index (χ2n) is 2.98. The van der Waals surface area contributed by atoms with Crippen molar-refractivity contribution < 1.29 is 4.42 Å². The fourth-order valence-corrected chi connectivity index (χ4v) is 1.79.